The number of hydrogen-bond acceptors (Lipinski definition) is 5. The van der Waals surface area contributed by atoms with Gasteiger partial charge < -0.3 is 14.2 Å². The van der Waals surface area contributed by atoms with Crippen molar-refractivity contribution in [3.8, 4) is 11.5 Å². The summed E-state index contributed by atoms with van der Waals surface area (Å²) in [5, 5.41) is 0. The summed E-state index contributed by atoms with van der Waals surface area (Å²) in [6, 6.07) is 20.4. The highest BCUT2D eigenvalue weighted by molar-refractivity contribution is 7.14. The van der Waals surface area contributed by atoms with Gasteiger partial charge in [0.25, 0.3) is 0 Å². The highest BCUT2D eigenvalue weighted by atomic mass is 32.1. The molecule has 5 heteroatoms. The number of hydrogen-bond donors (Lipinski definition) is 0. The van der Waals surface area contributed by atoms with Crippen molar-refractivity contribution in [3.05, 3.63) is 82.0 Å². The Morgan fingerprint density at radius 2 is 1.56 bits per heavy atom. The summed E-state index contributed by atoms with van der Waals surface area (Å²) in [5.41, 5.74) is 0.627. The first kappa shape index (κ1) is 16.0. The Morgan fingerprint density at radius 3 is 2.28 bits per heavy atom. The Morgan fingerprint density at radius 1 is 0.880 bits per heavy atom. The maximum atomic E-state index is 12.6. The minimum Gasteiger partial charge on any atom is -0.457 e. The van der Waals surface area contributed by atoms with Crippen LogP contribution in [0, 0.1) is 0 Å². The lowest BCUT2D eigenvalue weighted by Crippen LogP contribution is -1.98. The maximum absolute atomic E-state index is 12.6. The third kappa shape index (κ3) is 3.64. The second-order valence-corrected chi connectivity index (χ2v) is 6.66. The van der Waals surface area contributed by atoms with Crippen molar-refractivity contribution >= 4 is 17.1 Å². The smallest absolute Gasteiger partial charge is 0.202 e. The van der Waals surface area contributed by atoms with Crippen molar-refractivity contribution < 1.29 is 19.0 Å². The van der Waals surface area contributed by atoms with E-state index < -0.39 is 0 Å². The Kier molecular flexibility index (Phi) is 4.61. The van der Waals surface area contributed by atoms with Gasteiger partial charge in [0.15, 0.2) is 6.29 Å². The molecule has 0 amide bonds. The van der Waals surface area contributed by atoms with Gasteiger partial charge in [0, 0.05) is 5.56 Å². The molecular formula is C20H16O4S. The summed E-state index contributed by atoms with van der Waals surface area (Å²) in [6.45, 7) is 1.18. The van der Waals surface area contributed by atoms with Crippen molar-refractivity contribution in [2.45, 2.75) is 6.29 Å². The van der Waals surface area contributed by atoms with Crippen molar-refractivity contribution in [1.82, 2.24) is 0 Å². The summed E-state index contributed by atoms with van der Waals surface area (Å²) < 4.78 is 16.7. The zero-order valence-electron chi connectivity index (χ0n) is 13.4. The van der Waals surface area contributed by atoms with E-state index in [1.54, 1.807) is 24.3 Å². The summed E-state index contributed by atoms with van der Waals surface area (Å²) in [7, 11) is 0. The molecule has 1 fully saturated rings. The molecule has 1 aromatic heterocycles. The van der Waals surface area contributed by atoms with Gasteiger partial charge in [-0.25, -0.2) is 0 Å². The molecule has 0 bridgehead atoms. The van der Waals surface area contributed by atoms with E-state index in [1.165, 1.54) is 11.3 Å². The Labute approximate surface area is 149 Å². The Hall–Kier alpha value is -2.47. The van der Waals surface area contributed by atoms with Crippen molar-refractivity contribution in [2.75, 3.05) is 13.2 Å². The molecule has 4 rings (SSSR count). The van der Waals surface area contributed by atoms with Crippen LogP contribution in [0.2, 0.25) is 0 Å². The van der Waals surface area contributed by atoms with Gasteiger partial charge >= 0.3 is 0 Å². The summed E-state index contributed by atoms with van der Waals surface area (Å²) >= 11 is 1.41. The van der Waals surface area contributed by atoms with Gasteiger partial charge in [-0.05, 0) is 48.5 Å². The highest BCUT2D eigenvalue weighted by Crippen LogP contribution is 2.31. The van der Waals surface area contributed by atoms with Gasteiger partial charge in [0.2, 0.25) is 5.78 Å². The molecule has 3 aromatic rings. The lowest BCUT2D eigenvalue weighted by molar-refractivity contribution is -0.0413. The standard InChI is InChI=1S/C20H16O4S/c21-19(17-10-11-18(25-17)20-22-12-13-23-20)14-6-8-16(9-7-14)24-15-4-2-1-3-5-15/h1-11,20H,12-13H2. The average Bonchev–Trinajstić information content (AvgIpc) is 3.34. The van der Waals surface area contributed by atoms with E-state index in [-0.39, 0.29) is 12.1 Å². The van der Waals surface area contributed by atoms with Crippen molar-refractivity contribution in [2.24, 2.45) is 0 Å². The third-order valence-corrected chi connectivity index (χ3v) is 4.91. The van der Waals surface area contributed by atoms with Crippen LogP contribution in [-0.4, -0.2) is 19.0 Å². The topological polar surface area (TPSA) is 44.8 Å². The van der Waals surface area contributed by atoms with Crippen LogP contribution in [0.25, 0.3) is 0 Å². The molecule has 0 atom stereocenters. The number of thiophene rings is 1. The lowest BCUT2D eigenvalue weighted by Gasteiger charge is -2.06. The minimum absolute atomic E-state index is 0.0134. The predicted octanol–water partition coefficient (Wildman–Crippen LogP) is 4.82. The first-order valence-corrected chi connectivity index (χ1v) is 8.82. The minimum atomic E-state index is -0.340. The van der Waals surface area contributed by atoms with Crippen molar-refractivity contribution in [1.29, 1.82) is 0 Å². The first-order valence-electron chi connectivity index (χ1n) is 8.00. The van der Waals surface area contributed by atoms with Gasteiger partial charge in [-0.15, -0.1) is 11.3 Å². The molecule has 25 heavy (non-hydrogen) atoms. The summed E-state index contributed by atoms with van der Waals surface area (Å²) in [4.78, 5) is 14.2. The number of carbonyl (C=O) groups is 1. The van der Waals surface area contributed by atoms with Crippen LogP contribution >= 0.6 is 11.3 Å². The van der Waals surface area contributed by atoms with Gasteiger partial charge in [-0.2, -0.15) is 0 Å². The first-order chi connectivity index (χ1) is 12.3. The van der Waals surface area contributed by atoms with Crippen LogP contribution in [0.5, 0.6) is 11.5 Å². The van der Waals surface area contributed by atoms with Crippen LogP contribution in [-0.2, 0) is 9.47 Å². The second-order valence-electron chi connectivity index (χ2n) is 5.54. The molecule has 2 aromatic carbocycles. The molecule has 0 aliphatic carbocycles. The van der Waals surface area contributed by atoms with Gasteiger partial charge in [-0.1, -0.05) is 18.2 Å². The average molecular weight is 352 g/mol. The molecule has 0 saturated carbocycles. The molecule has 1 aliphatic rings. The molecule has 0 unspecified atom stereocenters. The Balaban J connectivity index is 1.47. The van der Waals surface area contributed by atoms with Gasteiger partial charge in [-0.3, -0.25) is 4.79 Å². The van der Waals surface area contributed by atoms with E-state index in [0.717, 1.165) is 10.6 Å². The molecule has 0 N–H and O–H groups in total. The normalized spacial score (nSPS) is 14.6. The molecule has 1 aliphatic heterocycles. The van der Waals surface area contributed by atoms with E-state index in [2.05, 4.69) is 0 Å². The van der Waals surface area contributed by atoms with E-state index in [1.807, 2.05) is 42.5 Å². The zero-order chi connectivity index (χ0) is 17.1. The number of para-hydroxylation sites is 1. The molecule has 0 radical (unpaired) electrons. The van der Waals surface area contributed by atoms with Crippen LogP contribution in [0.4, 0.5) is 0 Å². The van der Waals surface area contributed by atoms with E-state index in [0.29, 0.717) is 29.4 Å². The maximum Gasteiger partial charge on any atom is 0.202 e. The molecular weight excluding hydrogens is 336 g/mol. The number of ketones is 1. The van der Waals surface area contributed by atoms with Gasteiger partial charge in [0.05, 0.1) is 23.0 Å². The van der Waals surface area contributed by atoms with E-state index >= 15 is 0 Å². The van der Waals surface area contributed by atoms with E-state index in [9.17, 15) is 4.79 Å². The Bertz CT molecular complexity index is 849. The fourth-order valence-corrected chi connectivity index (χ4v) is 3.53. The number of carbonyl (C=O) groups excluding carboxylic acids is 1. The SMILES string of the molecule is O=C(c1ccc(Oc2ccccc2)cc1)c1ccc(C2OCCO2)s1. The zero-order valence-corrected chi connectivity index (χ0v) is 14.2. The molecule has 1 saturated heterocycles. The molecule has 4 nitrogen and oxygen atoms in total. The second kappa shape index (κ2) is 7.19. The summed E-state index contributed by atoms with van der Waals surface area (Å²) in [5.74, 6) is 1.45. The third-order valence-electron chi connectivity index (χ3n) is 3.80. The highest BCUT2D eigenvalue weighted by Gasteiger charge is 2.22. The van der Waals surface area contributed by atoms with Crippen molar-refractivity contribution in [3.63, 3.8) is 0 Å². The molecule has 126 valence electrons. The largest absolute Gasteiger partial charge is 0.457 e. The molecule has 2 heterocycles. The van der Waals surface area contributed by atoms with E-state index in [4.69, 9.17) is 14.2 Å². The van der Waals surface area contributed by atoms with Crippen LogP contribution < -0.4 is 4.74 Å². The van der Waals surface area contributed by atoms with Crippen LogP contribution in [0.1, 0.15) is 26.4 Å². The number of ether oxygens (including phenoxy) is 3. The number of benzene rings is 2. The van der Waals surface area contributed by atoms with Crippen LogP contribution in [0.3, 0.4) is 0 Å². The summed E-state index contributed by atoms with van der Waals surface area (Å²) in [6.07, 6.45) is -0.340. The predicted molar refractivity (Wildman–Crippen MR) is 95.4 cm³/mol. The fourth-order valence-electron chi connectivity index (χ4n) is 2.57. The van der Waals surface area contributed by atoms with Gasteiger partial charge in [0.1, 0.15) is 11.5 Å². The number of rotatable bonds is 5. The quantitative estimate of drug-likeness (QED) is 0.618. The fraction of sp³-hybridized carbons (Fsp3) is 0.150. The van der Waals surface area contributed by atoms with Crippen LogP contribution in [0.15, 0.2) is 66.7 Å². The molecule has 0 spiro atoms. The monoisotopic (exact) mass is 352 g/mol. The lowest BCUT2D eigenvalue weighted by atomic mass is 10.1.